The number of aliphatic hydroxyl groups excluding tert-OH is 1. The molecule has 1 aromatic carbocycles. The van der Waals surface area contributed by atoms with Gasteiger partial charge in [-0.1, -0.05) is 24.3 Å². The van der Waals surface area contributed by atoms with E-state index in [0.717, 1.165) is 10.8 Å². The first kappa shape index (κ1) is 11.2. The monoisotopic (exact) mass is 242 g/mol. The van der Waals surface area contributed by atoms with Crippen molar-refractivity contribution in [2.75, 3.05) is 13.1 Å². The second-order valence-electron chi connectivity index (χ2n) is 4.57. The molecule has 2 heterocycles. The van der Waals surface area contributed by atoms with E-state index in [-0.39, 0.29) is 5.91 Å². The highest BCUT2D eigenvalue weighted by atomic mass is 16.3. The van der Waals surface area contributed by atoms with Crippen molar-refractivity contribution in [2.45, 2.75) is 12.5 Å². The van der Waals surface area contributed by atoms with E-state index in [1.807, 2.05) is 30.3 Å². The van der Waals surface area contributed by atoms with E-state index in [1.165, 1.54) is 0 Å². The summed E-state index contributed by atoms with van der Waals surface area (Å²) in [6.45, 7) is 1.01. The minimum atomic E-state index is -0.399. The molecule has 4 nitrogen and oxygen atoms in total. The maximum absolute atomic E-state index is 12.4. The average molecular weight is 242 g/mol. The second-order valence-corrected chi connectivity index (χ2v) is 4.57. The third kappa shape index (κ3) is 1.84. The molecule has 0 spiro atoms. The number of amides is 1. The Hall–Kier alpha value is -1.94. The van der Waals surface area contributed by atoms with Gasteiger partial charge in [-0.3, -0.25) is 9.78 Å². The predicted octanol–water partition coefficient (Wildman–Crippen LogP) is 1.44. The quantitative estimate of drug-likeness (QED) is 0.823. The molecule has 1 aliphatic rings. The molecular weight excluding hydrogens is 228 g/mol. The van der Waals surface area contributed by atoms with Crippen LogP contribution in [0.2, 0.25) is 0 Å². The van der Waals surface area contributed by atoms with E-state index >= 15 is 0 Å². The van der Waals surface area contributed by atoms with Gasteiger partial charge in [0.25, 0.3) is 5.91 Å². The number of hydrogen-bond donors (Lipinski definition) is 1. The highest BCUT2D eigenvalue weighted by molar-refractivity contribution is 6.05. The summed E-state index contributed by atoms with van der Waals surface area (Å²) in [6, 6.07) is 9.61. The molecule has 1 N–H and O–H groups in total. The number of fused-ring (bicyclic) bond motifs is 1. The number of carbonyl (C=O) groups excluding carboxylic acids is 1. The molecule has 1 atom stereocenters. The number of benzene rings is 1. The van der Waals surface area contributed by atoms with Gasteiger partial charge in [-0.25, -0.2) is 0 Å². The van der Waals surface area contributed by atoms with Crippen LogP contribution in [0.4, 0.5) is 0 Å². The Balaban J connectivity index is 2.01. The van der Waals surface area contributed by atoms with E-state index < -0.39 is 6.10 Å². The lowest BCUT2D eigenvalue weighted by Gasteiger charge is -2.15. The van der Waals surface area contributed by atoms with Crippen LogP contribution in [0.25, 0.3) is 10.8 Å². The van der Waals surface area contributed by atoms with Gasteiger partial charge < -0.3 is 10.0 Å². The van der Waals surface area contributed by atoms with E-state index in [2.05, 4.69) is 4.98 Å². The number of rotatable bonds is 1. The van der Waals surface area contributed by atoms with Gasteiger partial charge in [-0.2, -0.15) is 0 Å². The maximum Gasteiger partial charge on any atom is 0.273 e. The van der Waals surface area contributed by atoms with E-state index in [1.54, 1.807) is 11.1 Å². The van der Waals surface area contributed by atoms with Crippen molar-refractivity contribution in [2.24, 2.45) is 0 Å². The first-order valence-corrected chi connectivity index (χ1v) is 6.07. The lowest BCUT2D eigenvalue weighted by Crippen LogP contribution is -2.30. The molecule has 1 amide bonds. The van der Waals surface area contributed by atoms with Crippen LogP contribution in [0.15, 0.2) is 36.5 Å². The number of aromatic nitrogens is 1. The zero-order chi connectivity index (χ0) is 12.5. The maximum atomic E-state index is 12.4. The van der Waals surface area contributed by atoms with Crippen LogP contribution < -0.4 is 0 Å². The molecule has 0 aliphatic carbocycles. The minimum absolute atomic E-state index is 0.0941. The molecule has 18 heavy (non-hydrogen) atoms. The van der Waals surface area contributed by atoms with Gasteiger partial charge in [0.2, 0.25) is 0 Å². The fourth-order valence-electron chi connectivity index (χ4n) is 2.37. The smallest absolute Gasteiger partial charge is 0.273 e. The SMILES string of the molecule is O=C(c1nccc2ccccc12)N1CC[C@H](O)C1. The fraction of sp³-hybridized carbons (Fsp3) is 0.286. The number of carbonyl (C=O) groups is 1. The van der Waals surface area contributed by atoms with Gasteiger partial charge in [0.05, 0.1) is 6.10 Å². The minimum Gasteiger partial charge on any atom is -0.391 e. The Morgan fingerprint density at radius 2 is 2.17 bits per heavy atom. The van der Waals surface area contributed by atoms with Gasteiger partial charge >= 0.3 is 0 Å². The van der Waals surface area contributed by atoms with Gasteiger partial charge in [-0.05, 0) is 17.9 Å². The van der Waals surface area contributed by atoms with Crippen molar-refractivity contribution >= 4 is 16.7 Å². The Morgan fingerprint density at radius 1 is 1.33 bits per heavy atom. The van der Waals surface area contributed by atoms with Crippen LogP contribution in [0.5, 0.6) is 0 Å². The molecule has 3 rings (SSSR count). The Labute approximate surface area is 105 Å². The molecule has 0 saturated carbocycles. The van der Waals surface area contributed by atoms with Crippen molar-refractivity contribution in [3.63, 3.8) is 0 Å². The Kier molecular flexibility index (Phi) is 2.72. The molecule has 1 aromatic heterocycles. The van der Waals surface area contributed by atoms with Crippen LogP contribution in [-0.2, 0) is 0 Å². The standard InChI is InChI=1S/C14H14N2O2/c17-11-6-8-16(9-11)14(18)13-12-4-2-1-3-10(12)5-7-15-13/h1-5,7,11,17H,6,8-9H2/t11-/m0/s1. The zero-order valence-corrected chi connectivity index (χ0v) is 9.91. The number of β-amino-alcohol motifs (C(OH)–C–C–N with tert-alkyl or cyclic N) is 1. The van der Waals surface area contributed by atoms with Crippen molar-refractivity contribution in [3.8, 4) is 0 Å². The van der Waals surface area contributed by atoms with Gasteiger partial charge in [-0.15, -0.1) is 0 Å². The Morgan fingerprint density at radius 3 is 2.94 bits per heavy atom. The van der Waals surface area contributed by atoms with Crippen molar-refractivity contribution in [1.82, 2.24) is 9.88 Å². The second kappa shape index (κ2) is 4.38. The fourth-order valence-corrected chi connectivity index (χ4v) is 2.37. The summed E-state index contributed by atoms with van der Waals surface area (Å²) in [7, 11) is 0. The predicted molar refractivity (Wildman–Crippen MR) is 68.3 cm³/mol. The summed E-state index contributed by atoms with van der Waals surface area (Å²) in [5.41, 5.74) is 0.474. The summed E-state index contributed by atoms with van der Waals surface area (Å²) >= 11 is 0. The van der Waals surface area contributed by atoms with Crippen molar-refractivity contribution in [3.05, 3.63) is 42.2 Å². The van der Waals surface area contributed by atoms with Crippen LogP contribution in [0.1, 0.15) is 16.9 Å². The summed E-state index contributed by atoms with van der Waals surface area (Å²) in [4.78, 5) is 18.2. The van der Waals surface area contributed by atoms with E-state index in [9.17, 15) is 9.90 Å². The number of pyridine rings is 1. The van der Waals surface area contributed by atoms with Crippen molar-refractivity contribution < 1.29 is 9.90 Å². The molecule has 0 bridgehead atoms. The molecule has 0 radical (unpaired) electrons. The first-order chi connectivity index (χ1) is 8.75. The van der Waals surface area contributed by atoms with Crippen LogP contribution in [0.3, 0.4) is 0 Å². The molecule has 1 saturated heterocycles. The summed E-state index contributed by atoms with van der Waals surface area (Å²) in [6.07, 6.45) is 1.90. The topological polar surface area (TPSA) is 53.4 Å². The van der Waals surface area contributed by atoms with Gasteiger partial charge in [0.15, 0.2) is 0 Å². The number of aliphatic hydroxyl groups is 1. The van der Waals surface area contributed by atoms with Gasteiger partial charge in [0, 0.05) is 24.7 Å². The average Bonchev–Trinajstić information content (AvgIpc) is 2.84. The van der Waals surface area contributed by atoms with Gasteiger partial charge in [0.1, 0.15) is 5.69 Å². The zero-order valence-electron chi connectivity index (χ0n) is 9.91. The lowest BCUT2D eigenvalue weighted by molar-refractivity contribution is 0.0761. The first-order valence-electron chi connectivity index (χ1n) is 6.07. The number of nitrogens with zero attached hydrogens (tertiary/aromatic N) is 2. The molecule has 92 valence electrons. The molecule has 1 fully saturated rings. The molecule has 0 unspecified atom stereocenters. The highest BCUT2D eigenvalue weighted by Gasteiger charge is 2.26. The van der Waals surface area contributed by atoms with Crippen LogP contribution >= 0.6 is 0 Å². The largest absolute Gasteiger partial charge is 0.391 e. The third-order valence-corrected chi connectivity index (χ3v) is 3.33. The highest BCUT2D eigenvalue weighted by Crippen LogP contribution is 2.19. The van der Waals surface area contributed by atoms with Crippen LogP contribution in [-0.4, -0.2) is 40.1 Å². The summed E-state index contributed by atoms with van der Waals surface area (Å²) in [5.74, 6) is -0.0941. The molecule has 2 aromatic rings. The summed E-state index contributed by atoms with van der Waals surface area (Å²) < 4.78 is 0. The summed E-state index contributed by atoms with van der Waals surface area (Å²) in [5, 5.41) is 11.4. The molecular formula is C14H14N2O2. The molecule has 4 heteroatoms. The Bertz CT molecular complexity index is 592. The number of likely N-dealkylation sites (tertiary alicyclic amines) is 1. The van der Waals surface area contributed by atoms with E-state index in [0.29, 0.717) is 25.2 Å². The normalized spacial score (nSPS) is 19.4. The van der Waals surface area contributed by atoms with E-state index in [4.69, 9.17) is 0 Å². The van der Waals surface area contributed by atoms with Crippen molar-refractivity contribution in [1.29, 1.82) is 0 Å². The molecule has 1 aliphatic heterocycles. The number of hydrogen-bond acceptors (Lipinski definition) is 3. The van der Waals surface area contributed by atoms with Crippen LogP contribution in [0, 0.1) is 0 Å². The lowest BCUT2D eigenvalue weighted by atomic mass is 10.1. The third-order valence-electron chi connectivity index (χ3n) is 3.33.